The first-order valence-electron chi connectivity index (χ1n) is 3.62. The summed E-state index contributed by atoms with van der Waals surface area (Å²) in [5, 5.41) is 6.10. The Kier molecular flexibility index (Phi) is 3.32. The largest absolute Gasteiger partial charge is 0.375 e. The van der Waals surface area contributed by atoms with Crippen LogP contribution in [-0.2, 0) is 0 Å². The van der Waals surface area contributed by atoms with Crippen molar-refractivity contribution in [2.45, 2.75) is 13.8 Å². The van der Waals surface area contributed by atoms with Crippen molar-refractivity contribution < 1.29 is 0 Å². The highest BCUT2D eigenvalue weighted by atomic mass is 32.1. The lowest BCUT2D eigenvalue weighted by Gasteiger charge is -1.99. The van der Waals surface area contributed by atoms with E-state index in [9.17, 15) is 0 Å². The van der Waals surface area contributed by atoms with Crippen LogP contribution in [0, 0.1) is 6.92 Å². The van der Waals surface area contributed by atoms with Crippen LogP contribution >= 0.6 is 23.8 Å². The lowest BCUT2D eigenvalue weighted by Crippen LogP contribution is -2.25. The molecule has 0 aliphatic carbocycles. The van der Waals surface area contributed by atoms with E-state index in [1.165, 1.54) is 11.5 Å². The minimum atomic E-state index is 0.167. The molecule has 4 nitrogen and oxygen atoms in total. The van der Waals surface area contributed by atoms with Crippen molar-refractivity contribution in [3.63, 3.8) is 0 Å². The molecule has 1 heterocycles. The molecular weight excluding hydrogens is 204 g/mol. The second kappa shape index (κ2) is 4.29. The first-order valence-corrected chi connectivity index (χ1v) is 4.87. The first kappa shape index (κ1) is 10.1. The highest BCUT2D eigenvalue weighted by Gasteiger charge is 2.03. The average Bonchev–Trinajstić information content (AvgIpc) is 2.47. The van der Waals surface area contributed by atoms with Crippen molar-refractivity contribution in [3.05, 3.63) is 16.6 Å². The fraction of sp³-hybridized carbons (Fsp3) is 0.286. The Hall–Kier alpha value is -1.01. The molecular formula is C7H10N4S2. The van der Waals surface area contributed by atoms with E-state index in [1.807, 2.05) is 19.2 Å². The number of thiocarbonyl (C=S) groups is 1. The number of nitrogens with one attached hydrogen (secondary N) is 1. The van der Waals surface area contributed by atoms with Crippen LogP contribution in [0.25, 0.3) is 0 Å². The number of hydrogen-bond donors (Lipinski definition) is 2. The van der Waals surface area contributed by atoms with Crippen molar-refractivity contribution in [3.8, 4) is 0 Å². The summed E-state index contributed by atoms with van der Waals surface area (Å²) in [6, 6.07) is 0. The molecule has 3 N–H and O–H groups in total. The summed E-state index contributed by atoms with van der Waals surface area (Å²) in [5.74, 6) is 0. The third-order valence-electron chi connectivity index (χ3n) is 1.47. The highest BCUT2D eigenvalue weighted by Crippen LogP contribution is 2.09. The van der Waals surface area contributed by atoms with Gasteiger partial charge in [0, 0.05) is 10.9 Å². The molecule has 1 rings (SSSR count). The molecule has 0 aromatic carbocycles. The number of hydrogen-bond acceptors (Lipinski definition) is 4. The van der Waals surface area contributed by atoms with Crippen molar-refractivity contribution >= 4 is 34.6 Å². The molecule has 0 aliphatic heterocycles. The normalized spacial score (nSPS) is 11.4. The fourth-order valence-electron chi connectivity index (χ4n) is 0.839. The summed E-state index contributed by atoms with van der Waals surface area (Å²) in [6.07, 6.45) is 0. The lowest BCUT2D eigenvalue weighted by molar-refractivity contribution is 1.03. The maximum absolute atomic E-state index is 5.23. The molecule has 0 saturated heterocycles. The molecule has 0 aliphatic rings. The number of nitrogens with two attached hydrogens (primary N) is 1. The molecule has 1 aromatic rings. The molecule has 0 unspecified atom stereocenters. The molecule has 0 saturated carbocycles. The average molecular weight is 214 g/mol. The van der Waals surface area contributed by atoms with Gasteiger partial charge in [-0.2, -0.15) is 9.47 Å². The SMILES string of the molecule is C/C(=N\NC(N)=S)c1csnc1C. The molecule has 70 valence electrons. The van der Waals surface area contributed by atoms with Gasteiger partial charge >= 0.3 is 0 Å². The van der Waals surface area contributed by atoms with Crippen LogP contribution in [0.1, 0.15) is 18.2 Å². The molecule has 0 fully saturated rings. The first-order chi connectivity index (χ1) is 6.11. The molecule has 0 radical (unpaired) electrons. The summed E-state index contributed by atoms with van der Waals surface area (Å²) >= 11 is 6.03. The van der Waals surface area contributed by atoms with Crippen molar-refractivity contribution in [2.24, 2.45) is 10.8 Å². The molecule has 1 aromatic heterocycles. The Bertz CT molecular complexity index is 342. The monoisotopic (exact) mass is 214 g/mol. The standard InChI is InChI=1S/C7H10N4S2/c1-4(9-10-7(8)12)6-3-13-11-5(6)2/h3H,1-2H3,(H3,8,10,12)/b9-4+. The van der Waals surface area contributed by atoms with Crippen LogP contribution in [0.3, 0.4) is 0 Å². The van der Waals surface area contributed by atoms with E-state index in [0.29, 0.717) is 0 Å². The third kappa shape index (κ3) is 2.74. The van der Waals surface area contributed by atoms with Gasteiger partial charge in [0.2, 0.25) is 0 Å². The Morgan fingerprint density at radius 3 is 2.92 bits per heavy atom. The maximum atomic E-state index is 5.23. The zero-order chi connectivity index (χ0) is 9.84. The van der Waals surface area contributed by atoms with E-state index in [0.717, 1.165) is 17.0 Å². The molecule has 0 spiro atoms. The minimum absolute atomic E-state index is 0.167. The molecule has 6 heteroatoms. The summed E-state index contributed by atoms with van der Waals surface area (Å²) in [5.41, 5.74) is 10.6. The van der Waals surface area contributed by atoms with E-state index in [1.54, 1.807) is 0 Å². The predicted molar refractivity (Wildman–Crippen MR) is 59.0 cm³/mol. The van der Waals surface area contributed by atoms with E-state index in [2.05, 4.69) is 27.1 Å². The number of aryl methyl sites for hydroxylation is 1. The second-order valence-corrected chi connectivity index (χ2v) is 3.56. The topological polar surface area (TPSA) is 63.3 Å². The van der Waals surface area contributed by atoms with Crippen LogP contribution in [0.2, 0.25) is 0 Å². The van der Waals surface area contributed by atoms with Crippen molar-refractivity contribution in [2.75, 3.05) is 0 Å². The van der Waals surface area contributed by atoms with Crippen LogP contribution in [0.4, 0.5) is 0 Å². The van der Waals surface area contributed by atoms with Gasteiger partial charge < -0.3 is 5.73 Å². The molecule has 13 heavy (non-hydrogen) atoms. The van der Waals surface area contributed by atoms with Gasteiger partial charge in [-0.25, -0.2) is 0 Å². The van der Waals surface area contributed by atoms with Gasteiger partial charge in [-0.15, -0.1) is 0 Å². The number of aromatic nitrogens is 1. The molecule has 0 amide bonds. The van der Waals surface area contributed by atoms with Gasteiger partial charge in [0.25, 0.3) is 0 Å². The quantitative estimate of drug-likeness (QED) is 0.438. The number of hydrazone groups is 1. The van der Waals surface area contributed by atoms with Gasteiger partial charge in [0.05, 0.1) is 11.4 Å². The zero-order valence-electron chi connectivity index (χ0n) is 7.37. The fourth-order valence-corrected chi connectivity index (χ4v) is 1.64. The van der Waals surface area contributed by atoms with Gasteiger partial charge in [-0.05, 0) is 37.6 Å². The molecule has 0 atom stereocenters. The summed E-state index contributed by atoms with van der Waals surface area (Å²) in [7, 11) is 0. The number of nitrogens with zero attached hydrogens (tertiary/aromatic N) is 2. The Labute approximate surface area is 86.0 Å². The predicted octanol–water partition coefficient (Wildman–Crippen LogP) is 1.01. The van der Waals surface area contributed by atoms with E-state index in [-0.39, 0.29) is 5.11 Å². The summed E-state index contributed by atoms with van der Waals surface area (Å²) < 4.78 is 4.13. The van der Waals surface area contributed by atoms with Crippen molar-refractivity contribution in [1.29, 1.82) is 0 Å². The Balaban J connectivity index is 2.78. The summed E-state index contributed by atoms with van der Waals surface area (Å²) in [6.45, 7) is 3.81. The summed E-state index contributed by atoms with van der Waals surface area (Å²) in [4.78, 5) is 0. The highest BCUT2D eigenvalue weighted by molar-refractivity contribution is 7.80. The third-order valence-corrected chi connectivity index (χ3v) is 2.29. The van der Waals surface area contributed by atoms with Crippen molar-refractivity contribution in [1.82, 2.24) is 9.80 Å². The van der Waals surface area contributed by atoms with Gasteiger partial charge in [0.1, 0.15) is 0 Å². The van der Waals surface area contributed by atoms with E-state index < -0.39 is 0 Å². The second-order valence-electron chi connectivity index (χ2n) is 2.49. The Morgan fingerprint density at radius 1 is 1.77 bits per heavy atom. The van der Waals surface area contributed by atoms with E-state index in [4.69, 9.17) is 5.73 Å². The number of rotatable bonds is 2. The van der Waals surface area contributed by atoms with E-state index >= 15 is 0 Å². The van der Waals surface area contributed by atoms with Gasteiger partial charge in [0.15, 0.2) is 5.11 Å². The van der Waals surface area contributed by atoms with Crippen LogP contribution in [0.15, 0.2) is 10.5 Å². The zero-order valence-corrected chi connectivity index (χ0v) is 9.00. The Morgan fingerprint density at radius 2 is 2.46 bits per heavy atom. The minimum Gasteiger partial charge on any atom is -0.375 e. The lowest BCUT2D eigenvalue weighted by atomic mass is 10.2. The van der Waals surface area contributed by atoms with Crippen LogP contribution < -0.4 is 11.2 Å². The van der Waals surface area contributed by atoms with Gasteiger partial charge in [-0.3, -0.25) is 5.43 Å². The molecule has 0 bridgehead atoms. The smallest absolute Gasteiger partial charge is 0.184 e. The maximum Gasteiger partial charge on any atom is 0.184 e. The van der Waals surface area contributed by atoms with Crippen LogP contribution in [0.5, 0.6) is 0 Å². The van der Waals surface area contributed by atoms with Gasteiger partial charge in [-0.1, -0.05) is 0 Å². The van der Waals surface area contributed by atoms with Crippen LogP contribution in [-0.4, -0.2) is 15.2 Å².